The van der Waals surface area contributed by atoms with E-state index < -0.39 is 0 Å². The van der Waals surface area contributed by atoms with Crippen molar-refractivity contribution < 1.29 is 4.79 Å². The van der Waals surface area contributed by atoms with E-state index in [2.05, 4.69) is 35.6 Å². The van der Waals surface area contributed by atoms with Crippen LogP contribution in [0.1, 0.15) is 15.9 Å². The summed E-state index contributed by atoms with van der Waals surface area (Å²) in [5.74, 6) is -0.0687. The normalized spacial score (nSPS) is 10.5. The summed E-state index contributed by atoms with van der Waals surface area (Å²) in [6, 6.07) is 21.6. The van der Waals surface area contributed by atoms with E-state index in [0.717, 1.165) is 6.42 Å². The van der Waals surface area contributed by atoms with E-state index in [1.807, 2.05) is 12.1 Å². The average Bonchev–Trinajstić information content (AvgIpc) is 2.55. The maximum atomic E-state index is 12.0. The Morgan fingerprint density at radius 1 is 0.909 bits per heavy atom. The third-order valence-corrected chi connectivity index (χ3v) is 3.69. The molecule has 1 amide bonds. The molecule has 3 N–H and O–H groups in total. The molecule has 3 aromatic rings. The molecule has 0 aliphatic heterocycles. The minimum Gasteiger partial charge on any atom is -0.399 e. The van der Waals surface area contributed by atoms with Crippen LogP contribution in [0.4, 0.5) is 5.69 Å². The van der Waals surface area contributed by atoms with Crippen molar-refractivity contribution >= 4 is 22.4 Å². The molecule has 3 heteroatoms. The largest absolute Gasteiger partial charge is 0.399 e. The summed E-state index contributed by atoms with van der Waals surface area (Å²) < 4.78 is 0. The zero-order valence-corrected chi connectivity index (χ0v) is 12.3. The van der Waals surface area contributed by atoms with Crippen molar-refractivity contribution in [3.8, 4) is 0 Å². The van der Waals surface area contributed by atoms with Crippen LogP contribution >= 0.6 is 0 Å². The molecule has 0 aliphatic rings. The zero-order chi connectivity index (χ0) is 15.4. The van der Waals surface area contributed by atoms with E-state index >= 15 is 0 Å². The Bertz CT molecular complexity index is 794. The molecule has 0 bridgehead atoms. The number of hydrogen-bond donors (Lipinski definition) is 2. The van der Waals surface area contributed by atoms with Gasteiger partial charge in [-0.1, -0.05) is 42.5 Å². The number of carbonyl (C=O) groups excluding carboxylic acids is 1. The summed E-state index contributed by atoms with van der Waals surface area (Å²) in [4.78, 5) is 12.0. The number of carbonyl (C=O) groups is 1. The molecule has 0 fully saturated rings. The summed E-state index contributed by atoms with van der Waals surface area (Å²) in [5, 5.41) is 5.40. The lowest BCUT2D eigenvalue weighted by Crippen LogP contribution is -2.25. The summed E-state index contributed by atoms with van der Waals surface area (Å²) in [5.41, 5.74) is 8.13. The molecule has 0 aliphatic carbocycles. The molecule has 0 radical (unpaired) electrons. The van der Waals surface area contributed by atoms with Gasteiger partial charge in [-0.25, -0.2) is 0 Å². The summed E-state index contributed by atoms with van der Waals surface area (Å²) >= 11 is 0. The van der Waals surface area contributed by atoms with Gasteiger partial charge in [-0.3, -0.25) is 4.79 Å². The van der Waals surface area contributed by atoms with Gasteiger partial charge in [0.15, 0.2) is 0 Å². The van der Waals surface area contributed by atoms with Crippen molar-refractivity contribution in [3.63, 3.8) is 0 Å². The molecule has 0 unspecified atom stereocenters. The fourth-order valence-corrected chi connectivity index (χ4v) is 2.45. The number of nitrogens with one attached hydrogen (secondary N) is 1. The third-order valence-electron chi connectivity index (χ3n) is 3.69. The molecular weight excluding hydrogens is 272 g/mol. The van der Waals surface area contributed by atoms with E-state index in [0.29, 0.717) is 17.8 Å². The highest BCUT2D eigenvalue weighted by Crippen LogP contribution is 2.15. The number of nitrogens with two attached hydrogens (primary N) is 1. The lowest BCUT2D eigenvalue weighted by Gasteiger charge is -2.07. The van der Waals surface area contributed by atoms with Crippen molar-refractivity contribution in [3.05, 3.63) is 77.9 Å². The van der Waals surface area contributed by atoms with Crippen LogP contribution in [0.3, 0.4) is 0 Å². The number of nitrogen functional groups attached to an aromatic ring is 1. The predicted molar refractivity (Wildman–Crippen MR) is 90.8 cm³/mol. The van der Waals surface area contributed by atoms with Crippen LogP contribution in [0.5, 0.6) is 0 Å². The fourth-order valence-electron chi connectivity index (χ4n) is 2.45. The quantitative estimate of drug-likeness (QED) is 0.724. The van der Waals surface area contributed by atoms with Gasteiger partial charge in [0.2, 0.25) is 0 Å². The molecule has 3 rings (SSSR count). The van der Waals surface area contributed by atoms with E-state index in [-0.39, 0.29) is 5.91 Å². The van der Waals surface area contributed by atoms with Crippen molar-refractivity contribution in [2.75, 3.05) is 12.3 Å². The minimum absolute atomic E-state index is 0.0687. The topological polar surface area (TPSA) is 55.1 Å². The monoisotopic (exact) mass is 290 g/mol. The Hall–Kier alpha value is -2.81. The van der Waals surface area contributed by atoms with Gasteiger partial charge in [0, 0.05) is 17.8 Å². The molecule has 0 atom stereocenters. The number of hydrogen-bond acceptors (Lipinski definition) is 2. The smallest absolute Gasteiger partial charge is 0.251 e. The van der Waals surface area contributed by atoms with Gasteiger partial charge in [-0.2, -0.15) is 0 Å². The number of rotatable bonds is 4. The first kappa shape index (κ1) is 14.1. The predicted octanol–water partition coefficient (Wildman–Crippen LogP) is 3.39. The second-order valence-electron chi connectivity index (χ2n) is 5.31. The van der Waals surface area contributed by atoms with Crippen LogP contribution in [-0.4, -0.2) is 12.5 Å². The van der Waals surface area contributed by atoms with E-state index in [1.165, 1.54) is 16.3 Å². The Balaban J connectivity index is 1.59. The second-order valence-corrected chi connectivity index (χ2v) is 5.31. The third kappa shape index (κ3) is 3.26. The van der Waals surface area contributed by atoms with Crippen molar-refractivity contribution in [1.29, 1.82) is 0 Å². The maximum absolute atomic E-state index is 12.0. The number of amides is 1. The van der Waals surface area contributed by atoms with Gasteiger partial charge in [0.1, 0.15) is 0 Å². The van der Waals surface area contributed by atoms with Crippen LogP contribution in [0.2, 0.25) is 0 Å². The Labute approximate surface area is 129 Å². The van der Waals surface area contributed by atoms with Crippen LogP contribution < -0.4 is 11.1 Å². The second kappa shape index (κ2) is 6.31. The van der Waals surface area contributed by atoms with Crippen LogP contribution in [0.15, 0.2) is 66.7 Å². The number of anilines is 1. The fraction of sp³-hybridized carbons (Fsp3) is 0.105. The Kier molecular flexibility index (Phi) is 4.05. The molecule has 0 spiro atoms. The molecule has 0 heterocycles. The highest BCUT2D eigenvalue weighted by molar-refractivity contribution is 5.94. The highest BCUT2D eigenvalue weighted by Gasteiger charge is 2.04. The van der Waals surface area contributed by atoms with Crippen LogP contribution in [0, 0.1) is 0 Å². The number of benzene rings is 3. The summed E-state index contributed by atoms with van der Waals surface area (Å²) in [6.45, 7) is 0.613. The van der Waals surface area contributed by atoms with Gasteiger partial charge in [-0.15, -0.1) is 0 Å². The average molecular weight is 290 g/mol. The van der Waals surface area contributed by atoms with Crippen LogP contribution in [-0.2, 0) is 6.42 Å². The molecule has 110 valence electrons. The van der Waals surface area contributed by atoms with E-state index in [1.54, 1.807) is 24.3 Å². The van der Waals surface area contributed by atoms with Crippen LogP contribution in [0.25, 0.3) is 10.8 Å². The highest BCUT2D eigenvalue weighted by atomic mass is 16.1. The first-order valence-corrected chi connectivity index (χ1v) is 7.34. The van der Waals surface area contributed by atoms with Crippen molar-refractivity contribution in [1.82, 2.24) is 5.32 Å². The lowest BCUT2D eigenvalue weighted by molar-refractivity contribution is 0.0954. The van der Waals surface area contributed by atoms with Gasteiger partial charge < -0.3 is 11.1 Å². The lowest BCUT2D eigenvalue weighted by atomic mass is 10.1. The molecule has 0 saturated carbocycles. The van der Waals surface area contributed by atoms with Crippen molar-refractivity contribution in [2.24, 2.45) is 0 Å². The molecule has 3 nitrogen and oxygen atoms in total. The first-order chi connectivity index (χ1) is 10.7. The molecule has 3 aromatic carbocycles. The molecular formula is C19H18N2O. The minimum atomic E-state index is -0.0687. The number of fused-ring (bicyclic) bond motifs is 1. The molecule has 0 saturated heterocycles. The Morgan fingerprint density at radius 3 is 2.41 bits per heavy atom. The van der Waals surface area contributed by atoms with Gasteiger partial charge in [0.25, 0.3) is 5.91 Å². The summed E-state index contributed by atoms with van der Waals surface area (Å²) in [6.07, 6.45) is 0.811. The van der Waals surface area contributed by atoms with Gasteiger partial charge in [0.05, 0.1) is 0 Å². The standard InChI is InChI=1S/C19H18N2O/c20-18-9-7-16(8-10-18)19(22)21-12-11-14-5-6-15-3-1-2-4-17(15)13-14/h1-10,13H,11-12,20H2,(H,21,22). The van der Waals surface area contributed by atoms with E-state index in [9.17, 15) is 4.79 Å². The Morgan fingerprint density at radius 2 is 1.64 bits per heavy atom. The zero-order valence-electron chi connectivity index (χ0n) is 12.3. The molecule has 0 aromatic heterocycles. The van der Waals surface area contributed by atoms with E-state index in [4.69, 9.17) is 5.73 Å². The van der Waals surface area contributed by atoms with Gasteiger partial charge in [-0.05, 0) is 47.0 Å². The van der Waals surface area contributed by atoms with Gasteiger partial charge >= 0.3 is 0 Å². The maximum Gasteiger partial charge on any atom is 0.251 e. The summed E-state index contributed by atoms with van der Waals surface area (Å²) in [7, 11) is 0. The first-order valence-electron chi connectivity index (χ1n) is 7.34. The SMILES string of the molecule is Nc1ccc(C(=O)NCCc2ccc3ccccc3c2)cc1. The molecule has 22 heavy (non-hydrogen) atoms. The van der Waals surface area contributed by atoms with Crippen molar-refractivity contribution in [2.45, 2.75) is 6.42 Å².